The molecule has 1 atom stereocenters. The van der Waals surface area contributed by atoms with Crippen molar-refractivity contribution in [1.82, 2.24) is 5.43 Å². The molecule has 0 aliphatic rings. The highest BCUT2D eigenvalue weighted by molar-refractivity contribution is 7.10. The molecule has 1 heterocycles. The van der Waals surface area contributed by atoms with Gasteiger partial charge >= 0.3 is 0 Å². The Kier molecular flexibility index (Phi) is 4.01. The molecule has 2 rings (SSSR count). The van der Waals surface area contributed by atoms with Gasteiger partial charge in [0, 0.05) is 10.4 Å². The van der Waals surface area contributed by atoms with Crippen molar-refractivity contribution in [2.45, 2.75) is 6.04 Å². The Morgan fingerprint density at radius 1 is 1.24 bits per heavy atom. The van der Waals surface area contributed by atoms with Gasteiger partial charge in [0.05, 0.1) is 16.1 Å². The van der Waals surface area contributed by atoms with Crippen molar-refractivity contribution < 1.29 is 4.39 Å². The van der Waals surface area contributed by atoms with Crippen molar-refractivity contribution in [3.8, 4) is 0 Å². The lowest BCUT2D eigenvalue weighted by molar-refractivity contribution is 0.564. The minimum atomic E-state index is -0.499. The molecule has 90 valence electrons. The third kappa shape index (κ3) is 2.46. The first kappa shape index (κ1) is 12.8. The highest BCUT2D eigenvalue weighted by atomic mass is 35.5. The van der Waals surface area contributed by atoms with E-state index in [9.17, 15) is 4.39 Å². The predicted octanol–water partition coefficient (Wildman–Crippen LogP) is 3.75. The Labute approximate surface area is 112 Å². The van der Waals surface area contributed by atoms with Gasteiger partial charge in [-0.3, -0.25) is 5.84 Å². The van der Waals surface area contributed by atoms with Crippen LogP contribution >= 0.6 is 34.5 Å². The summed E-state index contributed by atoms with van der Waals surface area (Å²) in [7, 11) is 0. The summed E-state index contributed by atoms with van der Waals surface area (Å²) < 4.78 is 13.9. The lowest BCUT2D eigenvalue weighted by Crippen LogP contribution is -2.29. The minimum absolute atomic E-state index is 0.0652. The highest BCUT2D eigenvalue weighted by Gasteiger charge is 2.21. The zero-order chi connectivity index (χ0) is 12.4. The maximum absolute atomic E-state index is 13.9. The van der Waals surface area contributed by atoms with E-state index < -0.39 is 11.9 Å². The molecule has 0 bridgehead atoms. The van der Waals surface area contributed by atoms with Crippen molar-refractivity contribution in [3.05, 3.63) is 55.9 Å². The normalized spacial score (nSPS) is 12.7. The molecule has 2 nitrogen and oxygen atoms in total. The van der Waals surface area contributed by atoms with Crippen LogP contribution in [0.1, 0.15) is 16.5 Å². The van der Waals surface area contributed by atoms with E-state index in [0.717, 1.165) is 4.88 Å². The summed E-state index contributed by atoms with van der Waals surface area (Å²) in [5, 5.41) is 2.44. The van der Waals surface area contributed by atoms with Crippen LogP contribution < -0.4 is 11.3 Å². The molecular weight excluding hydrogens is 282 g/mol. The van der Waals surface area contributed by atoms with Gasteiger partial charge in [0.25, 0.3) is 0 Å². The van der Waals surface area contributed by atoms with Crippen LogP contribution in [0.5, 0.6) is 0 Å². The van der Waals surface area contributed by atoms with Gasteiger partial charge in [-0.2, -0.15) is 0 Å². The number of hydrazine groups is 1. The summed E-state index contributed by atoms with van der Waals surface area (Å²) in [6, 6.07) is 6.04. The van der Waals surface area contributed by atoms with Crippen molar-refractivity contribution in [2.24, 2.45) is 5.84 Å². The quantitative estimate of drug-likeness (QED) is 0.667. The average molecular weight is 291 g/mol. The summed E-state index contributed by atoms with van der Waals surface area (Å²) in [5.41, 5.74) is 2.94. The molecule has 1 unspecified atom stereocenters. The Bertz CT molecular complexity index is 530. The van der Waals surface area contributed by atoms with Crippen molar-refractivity contribution in [1.29, 1.82) is 0 Å². The van der Waals surface area contributed by atoms with Crippen molar-refractivity contribution in [2.75, 3.05) is 0 Å². The molecule has 0 saturated carbocycles. The number of nitrogens with two attached hydrogens (primary N) is 1. The standard InChI is InChI=1S/C11H9Cl2FN2S/c12-7-3-1-2-6(9(7)14)10(16-15)11-8(13)4-5-17-11/h1-5,10,16H,15H2. The molecule has 0 aliphatic carbocycles. The van der Waals surface area contributed by atoms with Crippen LogP contribution in [-0.4, -0.2) is 0 Å². The molecule has 0 amide bonds. The summed E-state index contributed by atoms with van der Waals surface area (Å²) in [6.45, 7) is 0. The summed E-state index contributed by atoms with van der Waals surface area (Å²) >= 11 is 13.2. The van der Waals surface area contributed by atoms with Crippen LogP contribution in [0.2, 0.25) is 10.0 Å². The first-order chi connectivity index (χ1) is 8.15. The van der Waals surface area contributed by atoms with Crippen LogP contribution in [0, 0.1) is 5.82 Å². The number of benzene rings is 1. The third-order valence-electron chi connectivity index (χ3n) is 2.37. The van der Waals surface area contributed by atoms with Crippen molar-refractivity contribution >= 4 is 34.5 Å². The second kappa shape index (κ2) is 5.33. The Morgan fingerprint density at radius 3 is 2.59 bits per heavy atom. The number of hydrogen-bond acceptors (Lipinski definition) is 3. The number of halogens is 3. The van der Waals surface area contributed by atoms with Gasteiger partial charge in [0.1, 0.15) is 5.82 Å². The zero-order valence-electron chi connectivity index (χ0n) is 8.58. The van der Waals surface area contributed by atoms with Crippen LogP contribution in [-0.2, 0) is 0 Å². The maximum Gasteiger partial charge on any atom is 0.146 e. The topological polar surface area (TPSA) is 38.0 Å². The Hall–Kier alpha value is -0.650. The summed E-state index contributed by atoms with van der Waals surface area (Å²) in [4.78, 5) is 0.760. The van der Waals surface area contributed by atoms with E-state index in [1.54, 1.807) is 18.2 Å². The SMILES string of the molecule is NNC(c1cccc(Cl)c1F)c1sccc1Cl. The molecule has 0 spiro atoms. The van der Waals surface area contributed by atoms with E-state index in [-0.39, 0.29) is 5.02 Å². The van der Waals surface area contributed by atoms with Gasteiger partial charge in [-0.15, -0.1) is 11.3 Å². The van der Waals surface area contributed by atoms with E-state index in [1.807, 2.05) is 5.38 Å². The first-order valence-corrected chi connectivity index (χ1v) is 6.41. The van der Waals surface area contributed by atoms with E-state index in [0.29, 0.717) is 10.6 Å². The first-order valence-electron chi connectivity index (χ1n) is 4.78. The van der Waals surface area contributed by atoms with E-state index in [2.05, 4.69) is 5.43 Å². The van der Waals surface area contributed by atoms with Gasteiger partial charge in [-0.25, -0.2) is 9.82 Å². The smallest absolute Gasteiger partial charge is 0.146 e. The van der Waals surface area contributed by atoms with Gasteiger partial charge in [-0.1, -0.05) is 35.3 Å². The maximum atomic E-state index is 13.9. The summed E-state index contributed by atoms with van der Waals surface area (Å²) in [5.74, 6) is 4.99. The van der Waals surface area contributed by atoms with E-state index in [4.69, 9.17) is 29.0 Å². The lowest BCUT2D eigenvalue weighted by Gasteiger charge is -2.16. The number of nitrogens with one attached hydrogen (secondary N) is 1. The fourth-order valence-corrected chi connectivity index (χ4v) is 2.99. The van der Waals surface area contributed by atoms with E-state index >= 15 is 0 Å². The van der Waals surface area contributed by atoms with Crippen molar-refractivity contribution in [3.63, 3.8) is 0 Å². The predicted molar refractivity (Wildman–Crippen MR) is 69.9 cm³/mol. The second-order valence-electron chi connectivity index (χ2n) is 3.38. The van der Waals surface area contributed by atoms with E-state index in [1.165, 1.54) is 17.4 Å². The molecule has 6 heteroatoms. The Balaban J connectivity index is 2.50. The number of hydrogen-bond donors (Lipinski definition) is 2. The molecule has 0 aliphatic heterocycles. The number of rotatable bonds is 3. The Morgan fingerprint density at radius 2 is 2.00 bits per heavy atom. The molecule has 3 N–H and O–H groups in total. The molecular formula is C11H9Cl2FN2S. The van der Waals surface area contributed by atoms with Crippen LogP contribution in [0.4, 0.5) is 4.39 Å². The van der Waals surface area contributed by atoms with Gasteiger partial charge in [-0.05, 0) is 17.5 Å². The average Bonchev–Trinajstić information content (AvgIpc) is 2.72. The third-order valence-corrected chi connectivity index (χ3v) is 4.08. The van der Waals surface area contributed by atoms with Crippen LogP contribution in [0.25, 0.3) is 0 Å². The second-order valence-corrected chi connectivity index (χ2v) is 5.14. The zero-order valence-corrected chi connectivity index (χ0v) is 10.9. The molecule has 17 heavy (non-hydrogen) atoms. The molecule has 2 aromatic rings. The van der Waals surface area contributed by atoms with Gasteiger partial charge < -0.3 is 0 Å². The summed E-state index contributed by atoms with van der Waals surface area (Å²) in [6.07, 6.45) is 0. The largest absolute Gasteiger partial charge is 0.271 e. The molecule has 0 saturated heterocycles. The number of thiophene rings is 1. The minimum Gasteiger partial charge on any atom is -0.271 e. The fourth-order valence-electron chi connectivity index (χ4n) is 1.56. The monoisotopic (exact) mass is 290 g/mol. The molecule has 1 aromatic heterocycles. The lowest BCUT2D eigenvalue weighted by atomic mass is 10.1. The molecule has 0 radical (unpaired) electrons. The van der Waals surface area contributed by atoms with Gasteiger partial charge in [0.2, 0.25) is 0 Å². The van der Waals surface area contributed by atoms with Crippen LogP contribution in [0.15, 0.2) is 29.6 Å². The highest BCUT2D eigenvalue weighted by Crippen LogP contribution is 2.34. The molecule has 0 fully saturated rings. The fraction of sp³-hybridized carbons (Fsp3) is 0.0909. The van der Waals surface area contributed by atoms with Gasteiger partial charge in [0.15, 0.2) is 0 Å². The molecule has 1 aromatic carbocycles. The van der Waals surface area contributed by atoms with Crippen LogP contribution in [0.3, 0.4) is 0 Å².